The minimum atomic E-state index is -1.14. The van der Waals surface area contributed by atoms with E-state index in [1.54, 1.807) is 7.05 Å². The fourth-order valence-electron chi connectivity index (χ4n) is 0.889. The standard InChI is InChI=1S/C9H17N3O5S2/c1-11-2-7(13)12-6(9(16)17)4-19-18-3-5(10)8(14)15/h5-6,11H,2-4,10H2,1H3,(H,12,13)(H,14,15)(H,16,17)/t5?,6-/m0/s1. The van der Waals surface area contributed by atoms with Crippen LogP contribution in [0.1, 0.15) is 0 Å². The number of aliphatic carboxylic acids is 2. The highest BCUT2D eigenvalue weighted by Gasteiger charge is 2.20. The lowest BCUT2D eigenvalue weighted by molar-refractivity contribution is -0.141. The Bertz CT molecular complexity index is 329. The van der Waals surface area contributed by atoms with Gasteiger partial charge in [-0.3, -0.25) is 9.59 Å². The highest BCUT2D eigenvalue weighted by Crippen LogP contribution is 2.22. The van der Waals surface area contributed by atoms with E-state index in [-0.39, 0.29) is 18.1 Å². The van der Waals surface area contributed by atoms with E-state index in [1.807, 2.05) is 0 Å². The van der Waals surface area contributed by atoms with Gasteiger partial charge in [-0.15, -0.1) is 0 Å². The summed E-state index contributed by atoms with van der Waals surface area (Å²) >= 11 is 0. The van der Waals surface area contributed by atoms with Crippen LogP contribution in [0, 0.1) is 0 Å². The van der Waals surface area contributed by atoms with Gasteiger partial charge in [-0.25, -0.2) is 4.79 Å². The van der Waals surface area contributed by atoms with Gasteiger partial charge in [0.05, 0.1) is 6.54 Å². The molecule has 0 aromatic carbocycles. The van der Waals surface area contributed by atoms with E-state index in [2.05, 4.69) is 10.6 Å². The quantitative estimate of drug-likeness (QED) is 0.242. The van der Waals surface area contributed by atoms with Gasteiger partial charge < -0.3 is 26.6 Å². The molecule has 1 unspecified atom stereocenters. The predicted octanol–water partition coefficient (Wildman–Crippen LogP) is -1.43. The van der Waals surface area contributed by atoms with Crippen LogP contribution >= 0.6 is 21.6 Å². The Labute approximate surface area is 118 Å². The molecule has 10 heteroatoms. The Morgan fingerprint density at radius 3 is 2.21 bits per heavy atom. The summed E-state index contributed by atoms with van der Waals surface area (Å²) in [7, 11) is 3.89. The van der Waals surface area contributed by atoms with Crippen LogP contribution in [0.2, 0.25) is 0 Å². The predicted molar refractivity (Wildman–Crippen MR) is 74.0 cm³/mol. The molecule has 0 spiro atoms. The molecule has 110 valence electrons. The zero-order valence-corrected chi connectivity index (χ0v) is 11.9. The molecule has 0 heterocycles. The third kappa shape index (κ3) is 8.70. The van der Waals surface area contributed by atoms with Crippen molar-refractivity contribution in [2.45, 2.75) is 12.1 Å². The zero-order valence-electron chi connectivity index (χ0n) is 10.3. The van der Waals surface area contributed by atoms with Crippen molar-refractivity contribution >= 4 is 39.4 Å². The van der Waals surface area contributed by atoms with E-state index in [4.69, 9.17) is 15.9 Å². The van der Waals surface area contributed by atoms with Crippen molar-refractivity contribution in [2.24, 2.45) is 5.73 Å². The van der Waals surface area contributed by atoms with Crippen molar-refractivity contribution in [2.75, 3.05) is 25.1 Å². The summed E-state index contributed by atoms with van der Waals surface area (Å²) in [6.45, 7) is 0.0332. The summed E-state index contributed by atoms with van der Waals surface area (Å²) in [6, 6.07) is -2.00. The molecule has 2 atom stereocenters. The van der Waals surface area contributed by atoms with E-state index >= 15 is 0 Å². The van der Waals surface area contributed by atoms with Crippen molar-refractivity contribution in [3.8, 4) is 0 Å². The molecule has 0 aliphatic carbocycles. The van der Waals surface area contributed by atoms with Crippen molar-refractivity contribution in [1.29, 1.82) is 0 Å². The smallest absolute Gasteiger partial charge is 0.327 e. The summed E-state index contributed by atoms with van der Waals surface area (Å²) in [5.41, 5.74) is 5.29. The van der Waals surface area contributed by atoms with Crippen LogP contribution in [-0.2, 0) is 14.4 Å². The number of hydrogen-bond donors (Lipinski definition) is 5. The number of carboxylic acids is 2. The summed E-state index contributed by atoms with van der Waals surface area (Å²) < 4.78 is 0. The molecular formula is C9H17N3O5S2. The number of hydrogen-bond acceptors (Lipinski definition) is 7. The first-order valence-electron chi connectivity index (χ1n) is 5.28. The molecule has 0 aromatic heterocycles. The van der Waals surface area contributed by atoms with Crippen molar-refractivity contribution in [1.82, 2.24) is 10.6 Å². The van der Waals surface area contributed by atoms with Gasteiger partial charge in [-0.05, 0) is 7.05 Å². The van der Waals surface area contributed by atoms with Crippen LogP contribution in [0.15, 0.2) is 0 Å². The lowest BCUT2D eigenvalue weighted by atomic mass is 10.3. The fraction of sp³-hybridized carbons (Fsp3) is 0.667. The van der Waals surface area contributed by atoms with Crippen LogP contribution in [0.3, 0.4) is 0 Å². The van der Waals surface area contributed by atoms with E-state index in [1.165, 1.54) is 0 Å². The Morgan fingerprint density at radius 1 is 1.16 bits per heavy atom. The maximum atomic E-state index is 11.2. The molecule has 0 aliphatic heterocycles. The van der Waals surface area contributed by atoms with E-state index < -0.39 is 29.9 Å². The number of likely N-dealkylation sites (N-methyl/N-ethyl adjacent to an activating group) is 1. The Kier molecular flexibility index (Phi) is 9.39. The van der Waals surface area contributed by atoms with Crippen LogP contribution in [0.25, 0.3) is 0 Å². The van der Waals surface area contributed by atoms with Gasteiger partial charge in [0.15, 0.2) is 0 Å². The monoisotopic (exact) mass is 311 g/mol. The first-order chi connectivity index (χ1) is 8.88. The molecule has 0 bridgehead atoms. The van der Waals surface area contributed by atoms with Gasteiger partial charge in [-0.2, -0.15) is 0 Å². The average Bonchev–Trinajstić information content (AvgIpc) is 2.32. The van der Waals surface area contributed by atoms with Crippen molar-refractivity contribution in [3.63, 3.8) is 0 Å². The highest BCUT2D eigenvalue weighted by atomic mass is 33.1. The zero-order chi connectivity index (χ0) is 14.8. The maximum Gasteiger partial charge on any atom is 0.327 e. The topological polar surface area (TPSA) is 142 Å². The molecule has 1 amide bonds. The minimum Gasteiger partial charge on any atom is -0.480 e. The fourth-order valence-corrected chi connectivity index (χ4v) is 3.16. The molecule has 8 nitrogen and oxygen atoms in total. The number of carbonyl (C=O) groups excluding carboxylic acids is 1. The van der Waals surface area contributed by atoms with E-state index in [0.717, 1.165) is 21.6 Å². The van der Waals surface area contributed by atoms with Gasteiger partial charge >= 0.3 is 11.9 Å². The van der Waals surface area contributed by atoms with E-state index in [0.29, 0.717) is 0 Å². The van der Waals surface area contributed by atoms with Gasteiger partial charge in [-0.1, -0.05) is 21.6 Å². The number of amides is 1. The maximum absolute atomic E-state index is 11.2. The summed E-state index contributed by atoms with van der Waals surface area (Å²) in [4.78, 5) is 32.6. The molecule has 0 aromatic rings. The van der Waals surface area contributed by atoms with Gasteiger partial charge in [0.1, 0.15) is 12.1 Å². The number of carboxylic acid groups (broad SMARTS) is 2. The summed E-state index contributed by atoms with van der Waals surface area (Å²) in [6.07, 6.45) is 0. The molecule has 0 fully saturated rings. The number of nitrogens with one attached hydrogen (secondary N) is 2. The number of nitrogens with two attached hydrogens (primary N) is 1. The van der Waals surface area contributed by atoms with Crippen molar-refractivity contribution in [3.05, 3.63) is 0 Å². The third-order valence-corrected chi connectivity index (χ3v) is 4.30. The van der Waals surface area contributed by atoms with Crippen LogP contribution in [0.5, 0.6) is 0 Å². The average molecular weight is 311 g/mol. The highest BCUT2D eigenvalue weighted by molar-refractivity contribution is 8.76. The molecule has 19 heavy (non-hydrogen) atoms. The first kappa shape index (κ1) is 18.0. The van der Waals surface area contributed by atoms with Crippen molar-refractivity contribution < 1.29 is 24.6 Å². The van der Waals surface area contributed by atoms with Crippen LogP contribution in [-0.4, -0.2) is 65.2 Å². The second kappa shape index (κ2) is 9.89. The lowest BCUT2D eigenvalue weighted by Crippen LogP contribution is -2.45. The molecule has 0 saturated heterocycles. The SMILES string of the molecule is CNCC(=O)N[C@@H](CSSCC(N)C(=O)O)C(=O)O. The Balaban J connectivity index is 3.99. The largest absolute Gasteiger partial charge is 0.480 e. The third-order valence-electron chi connectivity index (χ3n) is 1.85. The normalized spacial score (nSPS) is 13.6. The van der Waals surface area contributed by atoms with Crippen LogP contribution < -0.4 is 16.4 Å². The molecular weight excluding hydrogens is 294 g/mol. The van der Waals surface area contributed by atoms with Crippen LogP contribution in [0.4, 0.5) is 0 Å². The Morgan fingerprint density at radius 2 is 1.74 bits per heavy atom. The van der Waals surface area contributed by atoms with Gasteiger partial charge in [0.2, 0.25) is 5.91 Å². The molecule has 0 saturated carbocycles. The molecule has 6 N–H and O–H groups in total. The van der Waals surface area contributed by atoms with Gasteiger partial charge in [0.25, 0.3) is 0 Å². The number of rotatable bonds is 10. The van der Waals surface area contributed by atoms with E-state index in [9.17, 15) is 14.4 Å². The summed E-state index contributed by atoms with van der Waals surface area (Å²) in [5, 5.41) is 22.4. The molecule has 0 radical (unpaired) electrons. The molecule has 0 rings (SSSR count). The second-order valence-electron chi connectivity index (χ2n) is 3.50. The molecule has 0 aliphatic rings. The Hall–Kier alpha value is -0.970. The summed E-state index contributed by atoms with van der Waals surface area (Å²) in [5.74, 6) is -2.37. The lowest BCUT2D eigenvalue weighted by Gasteiger charge is -2.14. The first-order valence-corrected chi connectivity index (χ1v) is 7.76. The minimum absolute atomic E-state index is 0.0332. The van der Waals surface area contributed by atoms with Gasteiger partial charge in [0, 0.05) is 11.5 Å². The number of carbonyl (C=O) groups is 3. The second-order valence-corrected chi connectivity index (χ2v) is 6.05.